The first-order valence-electron chi connectivity index (χ1n) is 6.22. The standard InChI is InChI=1S/C12H24N2/c1-2-12(6-4-7-12)10-14-8-3-5-11(13)9-14/h11H,2-10,13H2,1H3/t11-/m1/s1. The Bertz CT molecular complexity index is 181. The van der Waals surface area contributed by atoms with E-state index >= 15 is 0 Å². The topological polar surface area (TPSA) is 29.3 Å². The number of rotatable bonds is 3. The van der Waals surface area contributed by atoms with Crippen LogP contribution in [-0.4, -0.2) is 30.6 Å². The zero-order chi connectivity index (χ0) is 10.0. The molecule has 1 heterocycles. The molecule has 2 fully saturated rings. The summed E-state index contributed by atoms with van der Waals surface area (Å²) in [6.07, 6.45) is 8.26. The van der Waals surface area contributed by atoms with Gasteiger partial charge in [0.2, 0.25) is 0 Å². The second-order valence-corrected chi connectivity index (χ2v) is 5.34. The van der Waals surface area contributed by atoms with Crippen molar-refractivity contribution >= 4 is 0 Å². The van der Waals surface area contributed by atoms with E-state index in [2.05, 4.69) is 11.8 Å². The van der Waals surface area contributed by atoms with Gasteiger partial charge in [-0.05, 0) is 44.1 Å². The van der Waals surface area contributed by atoms with E-state index in [1.807, 2.05) is 0 Å². The summed E-state index contributed by atoms with van der Waals surface area (Å²) in [5.41, 5.74) is 6.68. The van der Waals surface area contributed by atoms with Gasteiger partial charge in [0.05, 0.1) is 0 Å². The Morgan fingerprint density at radius 1 is 1.36 bits per heavy atom. The molecule has 0 spiro atoms. The summed E-state index contributed by atoms with van der Waals surface area (Å²) in [4.78, 5) is 2.61. The Hall–Kier alpha value is -0.0800. The Morgan fingerprint density at radius 2 is 2.14 bits per heavy atom. The minimum absolute atomic E-state index is 0.442. The highest BCUT2D eigenvalue weighted by atomic mass is 15.2. The van der Waals surface area contributed by atoms with Crippen molar-refractivity contribution in [3.8, 4) is 0 Å². The zero-order valence-electron chi connectivity index (χ0n) is 9.47. The van der Waals surface area contributed by atoms with Crippen LogP contribution in [0.3, 0.4) is 0 Å². The fourth-order valence-electron chi connectivity index (χ4n) is 3.01. The van der Waals surface area contributed by atoms with E-state index in [0.717, 1.165) is 6.54 Å². The Balaban J connectivity index is 1.83. The van der Waals surface area contributed by atoms with Gasteiger partial charge in [0, 0.05) is 19.1 Å². The summed E-state index contributed by atoms with van der Waals surface area (Å²) in [5.74, 6) is 0. The molecule has 2 nitrogen and oxygen atoms in total. The highest BCUT2D eigenvalue weighted by Crippen LogP contribution is 2.44. The summed E-state index contributed by atoms with van der Waals surface area (Å²) >= 11 is 0. The molecule has 0 aromatic carbocycles. The van der Waals surface area contributed by atoms with Crippen LogP contribution in [0, 0.1) is 5.41 Å². The first-order valence-corrected chi connectivity index (χ1v) is 6.22. The van der Waals surface area contributed by atoms with Crippen molar-refractivity contribution in [3.63, 3.8) is 0 Å². The smallest absolute Gasteiger partial charge is 0.0168 e. The van der Waals surface area contributed by atoms with Gasteiger partial charge in [-0.1, -0.05) is 13.3 Å². The molecule has 14 heavy (non-hydrogen) atoms. The van der Waals surface area contributed by atoms with Crippen LogP contribution < -0.4 is 5.73 Å². The SMILES string of the molecule is CCC1(CN2CCC[C@@H](N)C2)CCC1. The minimum atomic E-state index is 0.442. The van der Waals surface area contributed by atoms with Crippen LogP contribution in [0.2, 0.25) is 0 Å². The normalized spacial score (nSPS) is 32.6. The highest BCUT2D eigenvalue weighted by Gasteiger charge is 2.37. The molecule has 1 saturated heterocycles. The second kappa shape index (κ2) is 4.19. The quantitative estimate of drug-likeness (QED) is 0.748. The molecule has 1 saturated carbocycles. The second-order valence-electron chi connectivity index (χ2n) is 5.34. The van der Waals surface area contributed by atoms with Crippen molar-refractivity contribution in [2.45, 2.75) is 51.5 Å². The molecular weight excluding hydrogens is 172 g/mol. The Morgan fingerprint density at radius 3 is 2.64 bits per heavy atom. The van der Waals surface area contributed by atoms with E-state index in [0.29, 0.717) is 11.5 Å². The predicted octanol–water partition coefficient (Wildman–Crippen LogP) is 1.99. The average Bonchev–Trinajstić information content (AvgIpc) is 2.11. The Labute approximate surface area is 87.8 Å². The van der Waals surface area contributed by atoms with E-state index in [1.165, 1.54) is 51.6 Å². The summed E-state index contributed by atoms with van der Waals surface area (Å²) in [6, 6.07) is 0.442. The van der Waals surface area contributed by atoms with Gasteiger partial charge in [-0.3, -0.25) is 0 Å². The molecule has 82 valence electrons. The van der Waals surface area contributed by atoms with Crippen LogP contribution in [0.15, 0.2) is 0 Å². The van der Waals surface area contributed by atoms with E-state index in [9.17, 15) is 0 Å². The van der Waals surface area contributed by atoms with Crippen molar-refractivity contribution in [2.24, 2.45) is 11.1 Å². The summed E-state index contributed by atoms with van der Waals surface area (Å²) in [5, 5.41) is 0. The summed E-state index contributed by atoms with van der Waals surface area (Å²) in [6.45, 7) is 6.09. The first-order chi connectivity index (χ1) is 6.74. The Kier molecular flexibility index (Phi) is 3.13. The van der Waals surface area contributed by atoms with Crippen LogP contribution in [0.5, 0.6) is 0 Å². The largest absolute Gasteiger partial charge is 0.327 e. The number of hydrogen-bond donors (Lipinski definition) is 1. The molecule has 0 aromatic heterocycles. The van der Waals surface area contributed by atoms with E-state index in [4.69, 9.17) is 5.73 Å². The van der Waals surface area contributed by atoms with Crippen LogP contribution in [0.25, 0.3) is 0 Å². The summed E-state index contributed by atoms with van der Waals surface area (Å²) in [7, 11) is 0. The fourth-order valence-corrected chi connectivity index (χ4v) is 3.01. The summed E-state index contributed by atoms with van der Waals surface area (Å²) < 4.78 is 0. The molecule has 1 aliphatic heterocycles. The number of piperidine rings is 1. The van der Waals surface area contributed by atoms with Gasteiger partial charge in [-0.25, -0.2) is 0 Å². The number of nitrogens with zero attached hydrogens (tertiary/aromatic N) is 1. The van der Waals surface area contributed by atoms with Crippen molar-refractivity contribution in [1.29, 1.82) is 0 Å². The molecule has 0 amide bonds. The van der Waals surface area contributed by atoms with E-state index in [1.54, 1.807) is 0 Å². The van der Waals surface area contributed by atoms with Gasteiger partial charge < -0.3 is 10.6 Å². The average molecular weight is 196 g/mol. The zero-order valence-corrected chi connectivity index (χ0v) is 9.47. The number of hydrogen-bond acceptors (Lipinski definition) is 2. The monoisotopic (exact) mass is 196 g/mol. The molecule has 0 bridgehead atoms. The molecule has 2 N–H and O–H groups in total. The highest BCUT2D eigenvalue weighted by molar-refractivity contribution is 4.90. The van der Waals surface area contributed by atoms with Crippen LogP contribution in [-0.2, 0) is 0 Å². The minimum Gasteiger partial charge on any atom is -0.327 e. The van der Waals surface area contributed by atoms with Crippen molar-refractivity contribution < 1.29 is 0 Å². The lowest BCUT2D eigenvalue weighted by molar-refractivity contribution is 0.0495. The maximum atomic E-state index is 6.00. The molecular formula is C12H24N2. The lowest BCUT2D eigenvalue weighted by Crippen LogP contribution is -2.49. The van der Waals surface area contributed by atoms with E-state index < -0.39 is 0 Å². The lowest BCUT2D eigenvalue weighted by atomic mass is 9.66. The van der Waals surface area contributed by atoms with Crippen LogP contribution in [0.4, 0.5) is 0 Å². The maximum Gasteiger partial charge on any atom is 0.0168 e. The van der Waals surface area contributed by atoms with Crippen LogP contribution in [0.1, 0.15) is 45.4 Å². The number of nitrogens with two attached hydrogens (primary N) is 1. The van der Waals surface area contributed by atoms with Gasteiger partial charge in [-0.2, -0.15) is 0 Å². The molecule has 0 aromatic rings. The predicted molar refractivity (Wildman–Crippen MR) is 60.2 cm³/mol. The van der Waals surface area contributed by atoms with Gasteiger partial charge in [0.1, 0.15) is 0 Å². The van der Waals surface area contributed by atoms with E-state index in [-0.39, 0.29) is 0 Å². The van der Waals surface area contributed by atoms with Gasteiger partial charge >= 0.3 is 0 Å². The maximum absolute atomic E-state index is 6.00. The molecule has 0 unspecified atom stereocenters. The van der Waals surface area contributed by atoms with Gasteiger partial charge in [0.25, 0.3) is 0 Å². The molecule has 1 atom stereocenters. The lowest BCUT2D eigenvalue weighted by Gasteiger charge is -2.46. The third-order valence-corrected chi connectivity index (χ3v) is 4.27. The van der Waals surface area contributed by atoms with Crippen molar-refractivity contribution in [1.82, 2.24) is 4.90 Å². The molecule has 1 aliphatic carbocycles. The molecule has 2 heteroatoms. The van der Waals surface area contributed by atoms with Crippen LogP contribution >= 0.6 is 0 Å². The molecule has 2 rings (SSSR count). The first kappa shape index (κ1) is 10.4. The molecule has 2 aliphatic rings. The van der Waals surface area contributed by atoms with Crippen molar-refractivity contribution in [2.75, 3.05) is 19.6 Å². The third-order valence-electron chi connectivity index (χ3n) is 4.27. The number of likely N-dealkylation sites (tertiary alicyclic amines) is 1. The fraction of sp³-hybridized carbons (Fsp3) is 1.00. The third kappa shape index (κ3) is 2.12. The van der Waals surface area contributed by atoms with Gasteiger partial charge in [-0.15, -0.1) is 0 Å². The van der Waals surface area contributed by atoms with Crippen molar-refractivity contribution in [3.05, 3.63) is 0 Å². The van der Waals surface area contributed by atoms with Gasteiger partial charge in [0.15, 0.2) is 0 Å². The molecule has 0 radical (unpaired) electrons.